The van der Waals surface area contributed by atoms with Crippen LogP contribution in [0.2, 0.25) is 5.02 Å². The Balaban J connectivity index is 1.51. The number of primary amides is 1. The number of anilines is 1. The van der Waals surface area contributed by atoms with Gasteiger partial charge in [-0.05, 0) is 48.6 Å². The number of aliphatic hydroxyl groups is 1. The first-order valence-corrected chi connectivity index (χ1v) is 15.5. The van der Waals surface area contributed by atoms with Gasteiger partial charge < -0.3 is 15.6 Å². The van der Waals surface area contributed by atoms with Crippen LogP contribution < -0.4 is 15.4 Å². The molecule has 0 spiro atoms. The van der Waals surface area contributed by atoms with Crippen molar-refractivity contribution in [3.63, 3.8) is 0 Å². The molecule has 2 heterocycles. The molecule has 3 aromatic carbocycles. The highest BCUT2D eigenvalue weighted by Crippen LogP contribution is 2.65. The monoisotopic (exact) mass is 639 g/mol. The maximum absolute atomic E-state index is 15.2. The van der Waals surface area contributed by atoms with Crippen LogP contribution >= 0.6 is 11.6 Å². The van der Waals surface area contributed by atoms with E-state index in [0.29, 0.717) is 38.1 Å². The third kappa shape index (κ3) is 4.16. The van der Waals surface area contributed by atoms with Gasteiger partial charge >= 0.3 is 6.03 Å². The predicted octanol–water partition coefficient (Wildman–Crippen LogP) is 3.95. The highest BCUT2D eigenvalue weighted by molar-refractivity contribution is 6.32. The number of hydrogen-bond acceptors (Lipinski definition) is 7. The number of urea groups is 1. The van der Waals surface area contributed by atoms with Gasteiger partial charge in [0.15, 0.2) is 0 Å². The molecule has 0 unspecified atom stereocenters. The number of hydrogen-bond donors (Lipinski definition) is 2. The minimum atomic E-state index is -1.48. The average Bonchev–Trinajstić information content (AvgIpc) is 3.45. The number of ether oxygens (including phenoxy) is 1. The van der Waals surface area contributed by atoms with Gasteiger partial charge in [0.05, 0.1) is 35.5 Å². The first-order valence-electron chi connectivity index (χ1n) is 15.1. The molecule has 0 radical (unpaired) electrons. The third-order valence-electron chi connectivity index (χ3n) is 9.97. The van der Waals surface area contributed by atoms with Crippen molar-refractivity contribution in [1.82, 2.24) is 4.90 Å². The van der Waals surface area contributed by atoms with Gasteiger partial charge in [0.25, 0.3) is 0 Å². The van der Waals surface area contributed by atoms with Crippen LogP contribution in [0.4, 0.5) is 10.5 Å². The Morgan fingerprint density at radius 3 is 2.39 bits per heavy atom. The number of fused-ring (bicyclic) bond motifs is 4. The quantitative estimate of drug-likeness (QED) is 0.307. The molecule has 2 aliphatic heterocycles. The van der Waals surface area contributed by atoms with Crippen molar-refractivity contribution < 1.29 is 33.8 Å². The summed E-state index contributed by atoms with van der Waals surface area (Å²) in [6, 6.07) is 21.7. The first kappa shape index (κ1) is 29.9. The summed E-state index contributed by atoms with van der Waals surface area (Å²) in [5.41, 5.74) is 6.23. The van der Waals surface area contributed by atoms with E-state index in [1.54, 1.807) is 42.5 Å². The maximum Gasteiger partial charge on any atom is 0.328 e. The smallest absolute Gasteiger partial charge is 0.328 e. The van der Waals surface area contributed by atoms with Crippen LogP contribution in [0, 0.1) is 23.7 Å². The van der Waals surface area contributed by atoms with Gasteiger partial charge in [-0.2, -0.15) is 4.90 Å². The van der Waals surface area contributed by atoms with Crippen molar-refractivity contribution >= 4 is 46.9 Å². The number of likely N-dealkylation sites (tertiary alicyclic amines) is 1. The molecule has 3 fully saturated rings. The van der Waals surface area contributed by atoms with E-state index in [2.05, 4.69) is 0 Å². The number of nitrogens with two attached hydrogens (primary N) is 1. The number of carbonyl (C=O) groups is 5. The van der Waals surface area contributed by atoms with Crippen LogP contribution in [0.25, 0.3) is 0 Å². The fourth-order valence-electron chi connectivity index (χ4n) is 8.31. The van der Waals surface area contributed by atoms with Gasteiger partial charge in [-0.3, -0.25) is 19.2 Å². The summed E-state index contributed by atoms with van der Waals surface area (Å²) in [5.74, 6) is -6.06. The molecule has 46 heavy (non-hydrogen) atoms. The second kappa shape index (κ2) is 11.2. The fourth-order valence-corrected chi connectivity index (χ4v) is 8.50. The molecule has 10 nitrogen and oxygen atoms in total. The number of rotatable bonds is 6. The standard InChI is InChI=1S/C35H30ClN3O7/c36-20-9-6-10-21(17-20)38-31(42)26-18-25-22(13-14-24-28(25)32(43)39(30(24)41)34(37)45)29(23-11-4-5-12-27(23)46-16-15-40)35(26,33(38)44)19-7-2-1-3-8-19/h1-13,17,24-26,28-29,40H,14-16,18H2,(H2,37,45)/t24-,25+,26-,28-,29+,35+/m0/s1. The number of amides is 6. The van der Waals surface area contributed by atoms with E-state index in [-0.39, 0.29) is 26.1 Å². The minimum absolute atomic E-state index is 0.0131. The summed E-state index contributed by atoms with van der Waals surface area (Å²) in [7, 11) is 0. The van der Waals surface area contributed by atoms with Crippen LogP contribution in [0.15, 0.2) is 90.5 Å². The lowest BCUT2D eigenvalue weighted by atomic mass is 9.49. The number of imide groups is 4. The van der Waals surface area contributed by atoms with Gasteiger partial charge in [-0.1, -0.05) is 77.8 Å². The van der Waals surface area contributed by atoms with E-state index in [0.717, 1.165) is 0 Å². The zero-order chi connectivity index (χ0) is 32.3. The Labute approximate surface area is 269 Å². The lowest BCUT2D eigenvalue weighted by Gasteiger charge is -2.51. The van der Waals surface area contributed by atoms with Gasteiger partial charge in [0, 0.05) is 16.5 Å². The summed E-state index contributed by atoms with van der Waals surface area (Å²) >= 11 is 6.34. The van der Waals surface area contributed by atoms with Gasteiger partial charge in [-0.25, -0.2) is 9.69 Å². The average molecular weight is 640 g/mol. The highest BCUT2D eigenvalue weighted by Gasteiger charge is 2.70. The fraction of sp³-hybridized carbons (Fsp3) is 0.286. The summed E-state index contributed by atoms with van der Waals surface area (Å²) in [5, 5.41) is 9.97. The number of halogens is 1. The second-order valence-electron chi connectivity index (χ2n) is 12.1. The van der Waals surface area contributed by atoms with Crippen molar-refractivity contribution in [2.45, 2.75) is 24.2 Å². The summed E-state index contributed by atoms with van der Waals surface area (Å²) in [6.07, 6.45) is 2.11. The Hall–Kier alpha value is -4.80. The number of para-hydroxylation sites is 1. The normalized spacial score (nSPS) is 28.5. The van der Waals surface area contributed by atoms with Crippen molar-refractivity contribution in [3.8, 4) is 5.75 Å². The molecular weight excluding hydrogens is 610 g/mol. The SMILES string of the molecule is NC(=O)N1C(=O)[C@H]2[C@H](CC=C3[C@H]2C[C@H]2C(=O)N(c4cccc(Cl)c4)C(=O)[C@@]2(c2ccccc2)[C@H]3c2ccccc2OCCO)C1=O. The molecule has 234 valence electrons. The summed E-state index contributed by atoms with van der Waals surface area (Å²) < 4.78 is 6.02. The predicted molar refractivity (Wildman–Crippen MR) is 167 cm³/mol. The molecule has 6 atom stereocenters. The highest BCUT2D eigenvalue weighted by atomic mass is 35.5. The van der Waals surface area contributed by atoms with Crippen LogP contribution in [-0.4, -0.2) is 52.9 Å². The van der Waals surface area contributed by atoms with Gasteiger partial charge in [0.2, 0.25) is 23.6 Å². The zero-order valence-corrected chi connectivity index (χ0v) is 25.3. The molecule has 2 aliphatic carbocycles. The van der Waals surface area contributed by atoms with E-state index in [1.807, 2.05) is 42.5 Å². The van der Waals surface area contributed by atoms with Crippen molar-refractivity contribution in [1.29, 1.82) is 0 Å². The molecule has 6 amide bonds. The molecule has 3 N–H and O–H groups in total. The largest absolute Gasteiger partial charge is 0.491 e. The molecule has 0 aromatic heterocycles. The Bertz CT molecular complexity index is 1830. The van der Waals surface area contributed by atoms with Gasteiger partial charge in [0.1, 0.15) is 12.4 Å². The van der Waals surface area contributed by atoms with Crippen LogP contribution in [0.3, 0.4) is 0 Å². The number of allylic oxidation sites excluding steroid dienone is 2. The van der Waals surface area contributed by atoms with Crippen molar-refractivity contribution in [3.05, 3.63) is 107 Å². The topological polar surface area (TPSA) is 147 Å². The molecule has 3 aromatic rings. The molecule has 7 rings (SSSR count). The molecular formula is C35H30ClN3O7. The van der Waals surface area contributed by atoms with E-state index in [9.17, 15) is 24.3 Å². The summed E-state index contributed by atoms with van der Waals surface area (Å²) in [6.45, 7) is -0.263. The van der Waals surface area contributed by atoms with Crippen LogP contribution in [-0.2, 0) is 24.6 Å². The first-order chi connectivity index (χ1) is 22.2. The van der Waals surface area contributed by atoms with Crippen LogP contribution in [0.5, 0.6) is 5.75 Å². The van der Waals surface area contributed by atoms with E-state index < -0.39 is 64.7 Å². The van der Waals surface area contributed by atoms with E-state index >= 15 is 4.79 Å². The van der Waals surface area contributed by atoms with E-state index in [4.69, 9.17) is 22.1 Å². The van der Waals surface area contributed by atoms with Crippen molar-refractivity contribution in [2.75, 3.05) is 18.1 Å². The minimum Gasteiger partial charge on any atom is -0.491 e. The van der Waals surface area contributed by atoms with E-state index in [1.165, 1.54) is 4.90 Å². The Morgan fingerprint density at radius 2 is 1.67 bits per heavy atom. The number of carbonyl (C=O) groups excluding carboxylic acids is 5. The third-order valence-corrected chi connectivity index (χ3v) is 10.2. The Morgan fingerprint density at radius 1 is 0.935 bits per heavy atom. The second-order valence-corrected chi connectivity index (χ2v) is 12.5. The lowest BCUT2D eigenvalue weighted by Crippen LogP contribution is -2.53. The van der Waals surface area contributed by atoms with Gasteiger partial charge in [-0.15, -0.1) is 0 Å². The zero-order valence-electron chi connectivity index (χ0n) is 24.5. The number of benzene rings is 3. The van der Waals surface area contributed by atoms with Crippen LogP contribution in [0.1, 0.15) is 29.9 Å². The number of aliphatic hydroxyl groups excluding tert-OH is 1. The molecule has 0 bridgehead atoms. The maximum atomic E-state index is 15.2. The number of nitrogens with zero attached hydrogens (tertiary/aromatic N) is 2. The summed E-state index contributed by atoms with van der Waals surface area (Å²) in [4.78, 5) is 70.9. The Kier molecular flexibility index (Phi) is 7.29. The molecule has 4 aliphatic rings. The lowest BCUT2D eigenvalue weighted by molar-refractivity contribution is -0.136. The molecule has 2 saturated heterocycles. The molecule has 1 saturated carbocycles. The van der Waals surface area contributed by atoms with Crippen molar-refractivity contribution in [2.24, 2.45) is 29.4 Å². The molecule has 11 heteroatoms.